The van der Waals surface area contributed by atoms with E-state index in [0.717, 1.165) is 51.0 Å². The summed E-state index contributed by atoms with van der Waals surface area (Å²) in [4.78, 5) is 2.56. The maximum atomic E-state index is 11.9. The maximum absolute atomic E-state index is 11.9. The summed E-state index contributed by atoms with van der Waals surface area (Å²) in [6, 6.07) is 0.510. The molecule has 7 N–H and O–H groups in total. The lowest BCUT2D eigenvalue weighted by Crippen LogP contribution is -2.64. The third-order valence-electron chi connectivity index (χ3n) is 16.3. The number of piperidine rings is 1. The van der Waals surface area contributed by atoms with Crippen LogP contribution in [0.25, 0.3) is 0 Å². The van der Waals surface area contributed by atoms with Crippen LogP contribution >= 0.6 is 0 Å². The summed E-state index contributed by atoms with van der Waals surface area (Å²) in [7, 11) is 2.28. The molecule has 3 heterocycles. The lowest BCUT2D eigenvalue weighted by molar-refractivity contribution is -0.369. The Hall–Kier alpha value is -0.740. The standard InChI is InChI=1S/C41H69NO11/c1-20-8-9-25(42(7)18-20)21(2)30-26(44)17-29-40(5)13-10-23-16-24(11-14-39(23,4)28(40)12-15-41(29,30)6)51-38-36(34(48)32(46)27(19-43)52-38)53-37-35(49)33(47)31(45)22(3)50-37/h10,20-22,24-38,43-49H,8-9,11-19H2,1-7H3. The average molecular weight is 752 g/mol. The summed E-state index contributed by atoms with van der Waals surface area (Å²) >= 11 is 0. The van der Waals surface area contributed by atoms with E-state index >= 15 is 0 Å². The smallest absolute Gasteiger partial charge is 0.187 e. The van der Waals surface area contributed by atoms with E-state index in [1.165, 1.54) is 25.3 Å². The van der Waals surface area contributed by atoms with Gasteiger partial charge in [0.15, 0.2) is 12.6 Å². The zero-order chi connectivity index (χ0) is 38.4. The van der Waals surface area contributed by atoms with Gasteiger partial charge in [-0.15, -0.1) is 0 Å². The minimum atomic E-state index is -1.62. The number of likely N-dealkylation sites (tertiary alicyclic amines) is 1. The highest BCUT2D eigenvalue weighted by Crippen LogP contribution is 2.72. The van der Waals surface area contributed by atoms with Crippen molar-refractivity contribution in [2.75, 3.05) is 20.2 Å². The highest BCUT2D eigenvalue weighted by atomic mass is 16.8. The van der Waals surface area contributed by atoms with Gasteiger partial charge >= 0.3 is 0 Å². The second kappa shape index (κ2) is 14.9. The van der Waals surface area contributed by atoms with Crippen LogP contribution in [0.15, 0.2) is 11.6 Å². The summed E-state index contributed by atoms with van der Waals surface area (Å²) in [6.45, 7) is 14.3. The Bertz CT molecular complexity index is 1340. The molecule has 0 aromatic heterocycles. The molecule has 3 aliphatic heterocycles. The predicted octanol–water partition coefficient (Wildman–Crippen LogP) is 2.33. The van der Waals surface area contributed by atoms with Crippen LogP contribution in [0.3, 0.4) is 0 Å². The van der Waals surface area contributed by atoms with Crippen molar-refractivity contribution in [3.63, 3.8) is 0 Å². The van der Waals surface area contributed by atoms with Crippen LogP contribution in [0.2, 0.25) is 0 Å². The fourth-order valence-corrected chi connectivity index (χ4v) is 13.5. The summed E-state index contributed by atoms with van der Waals surface area (Å²) in [5.41, 5.74) is 1.49. The SMILES string of the molecule is CC1CCC(C(C)C2C(O)CC3C2(C)CCC2C4(C)CCC(OC5OC(CO)C(O)C(O)C5OC5OC(C)C(O)C(O)C5O)CC4=CCC23C)N(C)C1. The summed E-state index contributed by atoms with van der Waals surface area (Å²) in [6.07, 6.45) is -2.74. The van der Waals surface area contributed by atoms with Crippen LogP contribution in [0.4, 0.5) is 0 Å². The average Bonchev–Trinajstić information content (AvgIpc) is 3.39. The normalized spacial score (nSPS) is 55.4. The quantitative estimate of drug-likeness (QED) is 0.189. The number of allylic oxidation sites excluding steroid dienone is 1. The molecule has 0 amide bonds. The Morgan fingerprint density at radius 1 is 0.830 bits per heavy atom. The Morgan fingerprint density at radius 2 is 1.57 bits per heavy atom. The molecule has 3 saturated carbocycles. The molecule has 21 atom stereocenters. The first-order valence-corrected chi connectivity index (χ1v) is 20.7. The van der Waals surface area contributed by atoms with Crippen molar-refractivity contribution in [2.45, 2.75) is 179 Å². The molecule has 0 bridgehead atoms. The number of hydrogen-bond donors (Lipinski definition) is 7. The van der Waals surface area contributed by atoms with Crippen LogP contribution in [-0.2, 0) is 18.9 Å². The molecule has 0 aromatic carbocycles. The molecule has 3 saturated heterocycles. The van der Waals surface area contributed by atoms with Gasteiger partial charge in [0.1, 0.15) is 42.7 Å². The second-order valence-electron chi connectivity index (χ2n) is 19.4. The highest BCUT2D eigenvalue weighted by Gasteiger charge is 2.66. The van der Waals surface area contributed by atoms with E-state index in [2.05, 4.69) is 52.6 Å². The number of hydrogen-bond acceptors (Lipinski definition) is 12. The largest absolute Gasteiger partial charge is 0.394 e. The molecular weight excluding hydrogens is 682 g/mol. The zero-order valence-electron chi connectivity index (χ0n) is 33.0. The Morgan fingerprint density at radius 3 is 2.26 bits per heavy atom. The van der Waals surface area contributed by atoms with Crippen molar-refractivity contribution in [1.29, 1.82) is 0 Å². The van der Waals surface area contributed by atoms with Crippen LogP contribution < -0.4 is 0 Å². The monoisotopic (exact) mass is 751 g/mol. The number of aliphatic hydroxyl groups is 7. The molecular formula is C41H69NO11. The minimum absolute atomic E-state index is 0.0254. The second-order valence-corrected chi connectivity index (χ2v) is 19.4. The van der Waals surface area contributed by atoms with E-state index in [9.17, 15) is 35.7 Å². The molecule has 12 heteroatoms. The van der Waals surface area contributed by atoms with Gasteiger partial charge in [0.25, 0.3) is 0 Å². The van der Waals surface area contributed by atoms with Gasteiger partial charge in [0.05, 0.1) is 24.9 Å². The van der Waals surface area contributed by atoms with Gasteiger partial charge in [0.2, 0.25) is 0 Å². The molecule has 0 spiro atoms. The molecule has 7 rings (SSSR count). The van der Waals surface area contributed by atoms with E-state index in [1.54, 1.807) is 0 Å². The first-order chi connectivity index (χ1) is 24.9. The fraction of sp³-hybridized carbons (Fsp3) is 0.951. The van der Waals surface area contributed by atoms with Gasteiger partial charge in [-0.25, -0.2) is 0 Å². The Kier molecular flexibility index (Phi) is 11.4. The number of nitrogens with zero attached hydrogens (tertiary/aromatic N) is 1. The molecule has 304 valence electrons. The van der Waals surface area contributed by atoms with Crippen molar-refractivity contribution >= 4 is 0 Å². The molecule has 53 heavy (non-hydrogen) atoms. The van der Waals surface area contributed by atoms with E-state index < -0.39 is 68.0 Å². The van der Waals surface area contributed by atoms with Crippen LogP contribution in [0.1, 0.15) is 99.3 Å². The topological polar surface area (TPSA) is 182 Å². The van der Waals surface area contributed by atoms with Crippen molar-refractivity contribution in [2.24, 2.45) is 45.8 Å². The molecule has 4 aliphatic carbocycles. The van der Waals surface area contributed by atoms with Gasteiger partial charge in [-0.05, 0) is 118 Å². The van der Waals surface area contributed by atoms with Crippen LogP contribution in [0, 0.1) is 45.8 Å². The van der Waals surface area contributed by atoms with E-state index in [-0.39, 0.29) is 34.4 Å². The summed E-state index contributed by atoms with van der Waals surface area (Å²) in [5.74, 6) is 2.35. The number of ether oxygens (including phenoxy) is 4. The minimum Gasteiger partial charge on any atom is -0.394 e. The summed E-state index contributed by atoms with van der Waals surface area (Å²) < 4.78 is 24.2. The number of rotatable bonds is 7. The van der Waals surface area contributed by atoms with E-state index in [4.69, 9.17) is 18.9 Å². The molecule has 6 fully saturated rings. The molecule has 21 unspecified atom stereocenters. The van der Waals surface area contributed by atoms with Gasteiger partial charge in [-0.2, -0.15) is 0 Å². The van der Waals surface area contributed by atoms with Crippen molar-refractivity contribution in [1.82, 2.24) is 4.90 Å². The maximum Gasteiger partial charge on any atom is 0.187 e. The van der Waals surface area contributed by atoms with Gasteiger partial charge < -0.3 is 59.6 Å². The molecule has 12 nitrogen and oxygen atoms in total. The van der Waals surface area contributed by atoms with Crippen LogP contribution in [-0.4, -0.2) is 141 Å². The van der Waals surface area contributed by atoms with E-state index in [1.807, 2.05) is 0 Å². The number of aliphatic hydroxyl groups excluding tert-OH is 7. The first kappa shape index (κ1) is 40.5. The van der Waals surface area contributed by atoms with Gasteiger partial charge in [-0.1, -0.05) is 46.3 Å². The first-order valence-electron chi connectivity index (χ1n) is 20.7. The van der Waals surface area contributed by atoms with Gasteiger partial charge in [0, 0.05) is 12.6 Å². The lowest BCUT2D eigenvalue weighted by atomic mass is 9.41. The van der Waals surface area contributed by atoms with Crippen molar-refractivity contribution in [3.05, 3.63) is 11.6 Å². The fourth-order valence-electron chi connectivity index (χ4n) is 13.5. The Balaban J connectivity index is 1.07. The molecule has 0 aromatic rings. The number of fused-ring (bicyclic) bond motifs is 5. The van der Waals surface area contributed by atoms with Crippen LogP contribution in [0.5, 0.6) is 0 Å². The predicted molar refractivity (Wildman–Crippen MR) is 195 cm³/mol. The lowest BCUT2D eigenvalue weighted by Gasteiger charge is -2.64. The summed E-state index contributed by atoms with van der Waals surface area (Å²) in [5, 5.41) is 74.9. The van der Waals surface area contributed by atoms with E-state index in [0.29, 0.717) is 30.2 Å². The zero-order valence-corrected chi connectivity index (χ0v) is 33.0. The molecule has 0 radical (unpaired) electrons. The highest BCUT2D eigenvalue weighted by molar-refractivity contribution is 5.28. The Labute approximate surface area is 315 Å². The third kappa shape index (κ3) is 6.70. The van der Waals surface area contributed by atoms with Gasteiger partial charge in [-0.3, -0.25) is 0 Å². The van der Waals surface area contributed by atoms with Crippen molar-refractivity contribution in [3.8, 4) is 0 Å². The molecule has 7 aliphatic rings. The van der Waals surface area contributed by atoms with Crippen molar-refractivity contribution < 1.29 is 54.7 Å². The third-order valence-corrected chi connectivity index (χ3v) is 16.3.